The number of hydrogen-bond donors (Lipinski definition) is 0. The van der Waals surface area contributed by atoms with Crippen LogP contribution in [0.4, 0.5) is 28.4 Å². The monoisotopic (exact) mass is 872 g/mol. The highest BCUT2D eigenvalue weighted by molar-refractivity contribution is 6.12. The third kappa shape index (κ3) is 8.08. The van der Waals surface area contributed by atoms with E-state index in [1.165, 1.54) is 22.3 Å². The van der Waals surface area contributed by atoms with Gasteiger partial charge in [-0.1, -0.05) is 195 Å². The summed E-state index contributed by atoms with van der Waals surface area (Å²) < 4.78 is 7.00. The van der Waals surface area contributed by atoms with Gasteiger partial charge in [0.15, 0.2) is 0 Å². The van der Waals surface area contributed by atoms with Gasteiger partial charge in [0.05, 0.1) is 11.4 Å². The first-order valence-corrected chi connectivity index (χ1v) is 23.1. The Bertz CT molecular complexity index is 3370. The van der Waals surface area contributed by atoms with Gasteiger partial charge in [0.25, 0.3) is 0 Å². The van der Waals surface area contributed by atoms with Crippen molar-refractivity contribution in [2.45, 2.75) is 6.92 Å². The summed E-state index contributed by atoms with van der Waals surface area (Å²) in [4.78, 5) is 4.68. The van der Waals surface area contributed by atoms with E-state index in [4.69, 9.17) is 4.74 Å². The lowest BCUT2D eigenvalue weighted by Crippen LogP contribution is -2.16. The molecule has 3 heteroatoms. The molecule has 10 aromatic rings. The number of rotatable bonds is 12. The van der Waals surface area contributed by atoms with Gasteiger partial charge in [0.1, 0.15) is 11.5 Å². The van der Waals surface area contributed by atoms with Crippen LogP contribution in [0.5, 0.6) is 11.5 Å². The molecule has 10 aromatic carbocycles. The summed E-state index contributed by atoms with van der Waals surface area (Å²) in [7, 11) is 0. The molecule has 324 valence electrons. The third-order valence-corrected chi connectivity index (χ3v) is 12.9. The van der Waals surface area contributed by atoms with Crippen molar-refractivity contribution in [2.75, 3.05) is 9.80 Å². The average Bonchev–Trinajstić information content (AvgIpc) is 3.42. The molecule has 0 saturated heterocycles. The first kappa shape index (κ1) is 41.8. The highest BCUT2D eigenvalue weighted by atomic mass is 16.5. The molecule has 11 rings (SSSR count). The normalized spacial score (nSPS) is 12.0. The molecule has 0 spiro atoms. The van der Waals surface area contributed by atoms with Crippen LogP contribution in [0, 0.1) is 0 Å². The minimum Gasteiger partial charge on any atom is -0.456 e. The van der Waals surface area contributed by atoms with Crippen LogP contribution >= 0.6 is 0 Å². The molecular formula is C65H48N2O. The predicted molar refractivity (Wildman–Crippen MR) is 287 cm³/mol. The van der Waals surface area contributed by atoms with Crippen molar-refractivity contribution in [1.29, 1.82) is 0 Å². The maximum atomic E-state index is 7.00. The average molecular weight is 873 g/mol. The summed E-state index contributed by atoms with van der Waals surface area (Å²) >= 11 is 0. The van der Waals surface area contributed by atoms with E-state index in [0.717, 1.165) is 89.8 Å². The van der Waals surface area contributed by atoms with Crippen molar-refractivity contribution >= 4 is 44.8 Å². The summed E-state index contributed by atoms with van der Waals surface area (Å²) in [5.41, 5.74) is 17.6. The molecule has 0 aromatic heterocycles. The van der Waals surface area contributed by atoms with Gasteiger partial charge in [0.2, 0.25) is 0 Å². The third-order valence-electron chi connectivity index (χ3n) is 12.9. The Kier molecular flexibility index (Phi) is 11.4. The van der Waals surface area contributed by atoms with Gasteiger partial charge in [-0.05, 0) is 130 Å². The van der Waals surface area contributed by atoms with E-state index in [1.807, 2.05) is 6.08 Å². The van der Waals surface area contributed by atoms with Gasteiger partial charge in [0, 0.05) is 39.1 Å². The number of benzene rings is 10. The highest BCUT2D eigenvalue weighted by Gasteiger charge is 2.28. The first-order valence-electron chi connectivity index (χ1n) is 23.1. The number of ether oxygens (including phenoxy) is 1. The fraction of sp³-hybridized carbons (Fsp3) is 0.0154. The van der Waals surface area contributed by atoms with Crippen LogP contribution in [0.2, 0.25) is 0 Å². The Morgan fingerprint density at radius 1 is 0.412 bits per heavy atom. The zero-order valence-electron chi connectivity index (χ0n) is 37.8. The van der Waals surface area contributed by atoms with E-state index >= 15 is 0 Å². The second-order valence-electron chi connectivity index (χ2n) is 17.0. The summed E-state index contributed by atoms with van der Waals surface area (Å²) in [5.74, 6) is 1.63. The molecule has 1 heterocycles. The van der Waals surface area contributed by atoms with Crippen molar-refractivity contribution in [3.05, 3.63) is 279 Å². The Balaban J connectivity index is 1.07. The largest absolute Gasteiger partial charge is 0.456 e. The van der Waals surface area contributed by atoms with Crippen molar-refractivity contribution < 1.29 is 4.74 Å². The molecule has 0 amide bonds. The van der Waals surface area contributed by atoms with Gasteiger partial charge in [-0.3, -0.25) is 0 Å². The molecule has 0 atom stereocenters. The van der Waals surface area contributed by atoms with E-state index in [0.29, 0.717) is 0 Å². The van der Waals surface area contributed by atoms with E-state index in [1.54, 1.807) is 0 Å². The van der Waals surface area contributed by atoms with E-state index < -0.39 is 0 Å². The fourth-order valence-electron chi connectivity index (χ4n) is 9.42. The van der Waals surface area contributed by atoms with Crippen LogP contribution < -0.4 is 14.5 Å². The van der Waals surface area contributed by atoms with Crippen molar-refractivity contribution in [1.82, 2.24) is 0 Å². The fourth-order valence-corrected chi connectivity index (χ4v) is 9.42. The van der Waals surface area contributed by atoms with E-state index in [9.17, 15) is 0 Å². The van der Waals surface area contributed by atoms with Crippen LogP contribution in [0.25, 0.3) is 60.9 Å². The molecule has 0 aliphatic carbocycles. The molecule has 3 nitrogen and oxygen atoms in total. The summed E-state index contributed by atoms with van der Waals surface area (Å²) in [6.45, 7) is 6.54. The van der Waals surface area contributed by atoms with Gasteiger partial charge < -0.3 is 14.5 Å². The Labute approximate surface area is 399 Å². The molecule has 0 saturated carbocycles. The second kappa shape index (κ2) is 18.5. The lowest BCUT2D eigenvalue weighted by atomic mass is 9.91. The molecule has 1 aliphatic heterocycles. The minimum absolute atomic E-state index is 0.809. The smallest absolute Gasteiger partial charge is 0.137 e. The van der Waals surface area contributed by atoms with Crippen LogP contribution in [-0.4, -0.2) is 0 Å². The number of nitrogens with zero attached hydrogens (tertiary/aromatic N) is 2. The standard InChI is InChI=1S/C65H48N2O/c1-3-54(37-30-46(2)47-18-8-4-9-19-47)66(55-38-31-51(32-39-55)48-20-10-5-11-21-48)60-44-45-63-64-58(60)26-16-27-59(64)65-61(28-17-29-62(65)68-63)67(56-40-33-52(34-41-56)49-22-12-6-13-23-49)57-42-35-53(36-43-57)50-24-14-7-15-25-50/h3-45H,1H2,2H3/b46-30+,54-37+. The first-order chi connectivity index (χ1) is 33.6. The van der Waals surface area contributed by atoms with Gasteiger partial charge in [-0.25, -0.2) is 0 Å². The number of anilines is 5. The molecule has 0 radical (unpaired) electrons. The van der Waals surface area contributed by atoms with Crippen LogP contribution in [0.15, 0.2) is 273 Å². The topological polar surface area (TPSA) is 15.7 Å². The van der Waals surface area contributed by atoms with Crippen molar-refractivity contribution in [3.63, 3.8) is 0 Å². The van der Waals surface area contributed by atoms with Crippen LogP contribution in [0.3, 0.4) is 0 Å². The molecular weight excluding hydrogens is 825 g/mol. The van der Waals surface area contributed by atoms with Crippen LogP contribution in [0.1, 0.15) is 12.5 Å². The second-order valence-corrected chi connectivity index (χ2v) is 17.0. The van der Waals surface area contributed by atoms with E-state index in [2.05, 4.69) is 278 Å². The highest BCUT2D eigenvalue weighted by Crippen LogP contribution is 2.54. The van der Waals surface area contributed by atoms with Gasteiger partial charge in [-0.2, -0.15) is 0 Å². The van der Waals surface area contributed by atoms with E-state index in [-0.39, 0.29) is 0 Å². The van der Waals surface area contributed by atoms with Crippen LogP contribution in [-0.2, 0) is 0 Å². The lowest BCUT2D eigenvalue weighted by molar-refractivity contribution is 0.487. The Morgan fingerprint density at radius 2 is 0.897 bits per heavy atom. The Morgan fingerprint density at radius 3 is 1.43 bits per heavy atom. The maximum absolute atomic E-state index is 7.00. The van der Waals surface area contributed by atoms with Gasteiger partial charge in [-0.15, -0.1) is 0 Å². The summed E-state index contributed by atoms with van der Waals surface area (Å²) in [6, 6.07) is 86.0. The van der Waals surface area contributed by atoms with Crippen molar-refractivity contribution in [2.24, 2.45) is 0 Å². The number of fused-ring (bicyclic) bond motifs is 2. The quantitative estimate of drug-likeness (QED) is 0.114. The molecule has 68 heavy (non-hydrogen) atoms. The molecule has 0 N–H and O–H groups in total. The SMILES string of the molecule is C=C/C(=C\C=C(/C)c1ccccc1)N(c1ccc(-c2ccccc2)cc1)c1ccc2c3c(cccc13)-c1c(cccc1N(c1ccc(-c3ccccc3)cc1)c1ccc(-c3ccccc3)cc1)O2. The lowest BCUT2D eigenvalue weighted by Gasteiger charge is -2.32. The predicted octanol–water partition coefficient (Wildman–Crippen LogP) is 18.4. The zero-order valence-corrected chi connectivity index (χ0v) is 37.8. The van der Waals surface area contributed by atoms with Crippen molar-refractivity contribution in [3.8, 4) is 56.0 Å². The summed E-state index contributed by atoms with van der Waals surface area (Å²) in [6.07, 6.45) is 6.30. The molecule has 0 unspecified atom stereocenters. The number of allylic oxidation sites excluding steroid dienone is 4. The molecule has 0 fully saturated rings. The Hall–Kier alpha value is -8.92. The maximum Gasteiger partial charge on any atom is 0.137 e. The van der Waals surface area contributed by atoms with Gasteiger partial charge >= 0.3 is 0 Å². The number of hydrogen-bond acceptors (Lipinski definition) is 3. The zero-order chi connectivity index (χ0) is 45.8. The molecule has 1 aliphatic rings. The minimum atomic E-state index is 0.809. The molecule has 0 bridgehead atoms. The summed E-state index contributed by atoms with van der Waals surface area (Å²) in [5, 5.41) is 2.11.